The first-order valence-electron chi connectivity index (χ1n) is 8.03. The number of hydrogen-bond acceptors (Lipinski definition) is 2. The first-order valence-corrected chi connectivity index (χ1v) is 8.41. The van der Waals surface area contributed by atoms with Crippen molar-refractivity contribution < 1.29 is 0 Å². The summed E-state index contributed by atoms with van der Waals surface area (Å²) in [5.74, 6) is 0.485. The molecule has 2 aromatic heterocycles. The number of aromatic amines is 2. The minimum Gasteiger partial charge on any atom is -0.322 e. The summed E-state index contributed by atoms with van der Waals surface area (Å²) in [6.07, 6.45) is 0.479. The summed E-state index contributed by atoms with van der Waals surface area (Å²) in [4.78, 5) is 20.6. The molecule has 0 atom stereocenters. The van der Waals surface area contributed by atoms with Crippen LogP contribution in [0.4, 0.5) is 0 Å². The van der Waals surface area contributed by atoms with Crippen LogP contribution < -0.4 is 5.56 Å². The molecule has 2 aromatic carbocycles. The summed E-state index contributed by atoms with van der Waals surface area (Å²) in [7, 11) is 0. The Kier molecular flexibility index (Phi) is 3.73. The highest BCUT2D eigenvalue weighted by Gasteiger charge is 2.16. The molecule has 0 amide bonds. The molecule has 0 spiro atoms. The summed E-state index contributed by atoms with van der Waals surface area (Å²) in [5.41, 5.74) is 5.17. The van der Waals surface area contributed by atoms with Gasteiger partial charge in [-0.1, -0.05) is 35.9 Å². The van der Waals surface area contributed by atoms with Gasteiger partial charge in [0.25, 0.3) is 5.56 Å². The van der Waals surface area contributed by atoms with Crippen LogP contribution in [0.3, 0.4) is 0 Å². The molecule has 0 bridgehead atoms. The maximum atomic E-state index is 12.9. The topological polar surface area (TPSA) is 66.5 Å². The lowest BCUT2D eigenvalue weighted by Gasteiger charge is -2.01. The van der Waals surface area contributed by atoms with Gasteiger partial charge in [-0.2, -0.15) is 4.68 Å². The maximum absolute atomic E-state index is 12.9. The second kappa shape index (κ2) is 5.93. The van der Waals surface area contributed by atoms with Gasteiger partial charge in [-0.15, -0.1) is 0 Å². The minimum atomic E-state index is -0.117. The van der Waals surface area contributed by atoms with E-state index in [0.717, 1.165) is 27.9 Å². The molecule has 0 saturated heterocycles. The average Bonchev–Trinajstić information content (AvgIpc) is 3.12. The van der Waals surface area contributed by atoms with Crippen LogP contribution in [0.5, 0.6) is 0 Å². The lowest BCUT2D eigenvalue weighted by atomic mass is 10.1. The summed E-state index contributed by atoms with van der Waals surface area (Å²) < 4.78 is 1.46. The number of benzene rings is 2. The summed E-state index contributed by atoms with van der Waals surface area (Å²) >= 11 is 6.23. The number of aromatic nitrogens is 4. The highest BCUT2D eigenvalue weighted by atomic mass is 35.5. The molecule has 25 heavy (non-hydrogen) atoms. The molecule has 0 unspecified atom stereocenters. The van der Waals surface area contributed by atoms with Gasteiger partial charge in [-0.05, 0) is 43.2 Å². The molecule has 2 heterocycles. The van der Waals surface area contributed by atoms with Gasteiger partial charge >= 0.3 is 0 Å². The van der Waals surface area contributed by atoms with E-state index in [1.807, 2.05) is 56.3 Å². The quantitative estimate of drug-likeness (QED) is 0.587. The molecular formula is C19H17ClN4O. The molecule has 0 fully saturated rings. The molecule has 2 N–H and O–H groups in total. The standard InChI is InChI=1S/C19H17ClN4O/c1-11-7-8-16-17(9-11)22-19(21-16)24-18(25)14(12(2)23-24)10-13-5-3-4-6-15(13)20/h3-9,23H,10H2,1-2H3,(H,21,22). The van der Waals surface area contributed by atoms with E-state index in [0.29, 0.717) is 23.0 Å². The molecule has 0 radical (unpaired) electrons. The van der Waals surface area contributed by atoms with Crippen molar-refractivity contribution in [2.45, 2.75) is 20.3 Å². The van der Waals surface area contributed by atoms with E-state index in [-0.39, 0.29) is 5.56 Å². The van der Waals surface area contributed by atoms with E-state index in [9.17, 15) is 4.79 Å². The van der Waals surface area contributed by atoms with Gasteiger partial charge in [0.15, 0.2) is 0 Å². The minimum absolute atomic E-state index is 0.117. The lowest BCUT2D eigenvalue weighted by molar-refractivity contribution is 0.790. The van der Waals surface area contributed by atoms with Crippen LogP contribution in [0, 0.1) is 13.8 Å². The van der Waals surface area contributed by atoms with E-state index >= 15 is 0 Å². The van der Waals surface area contributed by atoms with E-state index < -0.39 is 0 Å². The second-order valence-electron chi connectivity index (χ2n) is 6.21. The van der Waals surface area contributed by atoms with Crippen molar-refractivity contribution in [1.29, 1.82) is 0 Å². The Labute approximate surface area is 149 Å². The van der Waals surface area contributed by atoms with Crippen LogP contribution in [-0.2, 0) is 6.42 Å². The Balaban J connectivity index is 1.79. The Bertz CT molecular complexity index is 1140. The third-order valence-corrected chi connectivity index (χ3v) is 4.72. The Morgan fingerprint density at radius 1 is 1.16 bits per heavy atom. The van der Waals surface area contributed by atoms with Crippen molar-refractivity contribution in [1.82, 2.24) is 19.7 Å². The SMILES string of the molecule is Cc1ccc2nc(-n3[nH]c(C)c(Cc4ccccc4Cl)c3=O)[nH]c2c1. The van der Waals surface area contributed by atoms with Crippen LogP contribution >= 0.6 is 11.6 Å². The molecule has 0 aliphatic rings. The van der Waals surface area contributed by atoms with Crippen molar-refractivity contribution in [3.05, 3.63) is 80.2 Å². The Morgan fingerprint density at radius 3 is 2.76 bits per heavy atom. The number of halogens is 1. The summed E-state index contributed by atoms with van der Waals surface area (Å²) in [6.45, 7) is 3.91. The fraction of sp³-hybridized carbons (Fsp3) is 0.158. The van der Waals surface area contributed by atoms with Gasteiger partial charge in [0, 0.05) is 22.7 Å². The van der Waals surface area contributed by atoms with E-state index in [1.54, 1.807) is 0 Å². The molecule has 4 rings (SSSR count). The van der Waals surface area contributed by atoms with Crippen molar-refractivity contribution >= 4 is 22.6 Å². The first-order chi connectivity index (χ1) is 12.0. The molecule has 126 valence electrons. The molecule has 4 aromatic rings. The molecule has 5 nitrogen and oxygen atoms in total. The zero-order valence-corrected chi connectivity index (χ0v) is 14.7. The third-order valence-electron chi connectivity index (χ3n) is 4.36. The number of nitrogens with one attached hydrogen (secondary N) is 2. The number of fused-ring (bicyclic) bond motifs is 1. The van der Waals surface area contributed by atoms with Gasteiger partial charge < -0.3 is 4.98 Å². The zero-order chi connectivity index (χ0) is 17.6. The van der Waals surface area contributed by atoms with Crippen LogP contribution in [0.25, 0.3) is 17.0 Å². The van der Waals surface area contributed by atoms with Crippen LogP contribution in [0.15, 0.2) is 47.3 Å². The predicted octanol–water partition coefficient (Wildman–Crippen LogP) is 3.90. The van der Waals surface area contributed by atoms with E-state index in [4.69, 9.17) is 11.6 Å². The fourth-order valence-electron chi connectivity index (χ4n) is 2.99. The molecule has 6 heteroatoms. The predicted molar refractivity (Wildman–Crippen MR) is 99.8 cm³/mol. The number of aryl methyl sites for hydroxylation is 2. The van der Waals surface area contributed by atoms with Crippen molar-refractivity contribution in [3.63, 3.8) is 0 Å². The Morgan fingerprint density at radius 2 is 1.96 bits per heavy atom. The lowest BCUT2D eigenvalue weighted by Crippen LogP contribution is -2.18. The summed E-state index contributed by atoms with van der Waals surface area (Å²) in [6, 6.07) is 13.5. The monoisotopic (exact) mass is 352 g/mol. The van der Waals surface area contributed by atoms with Crippen molar-refractivity contribution in [3.8, 4) is 5.95 Å². The van der Waals surface area contributed by atoms with Gasteiger partial charge in [-0.3, -0.25) is 9.89 Å². The van der Waals surface area contributed by atoms with Crippen molar-refractivity contribution in [2.24, 2.45) is 0 Å². The first kappa shape index (κ1) is 15.7. The van der Waals surface area contributed by atoms with Gasteiger partial charge in [0.2, 0.25) is 5.95 Å². The Hall–Kier alpha value is -2.79. The van der Waals surface area contributed by atoms with Crippen LogP contribution in [-0.4, -0.2) is 19.7 Å². The van der Waals surface area contributed by atoms with Gasteiger partial charge in [-0.25, -0.2) is 4.98 Å². The largest absolute Gasteiger partial charge is 0.322 e. The second-order valence-corrected chi connectivity index (χ2v) is 6.61. The highest BCUT2D eigenvalue weighted by molar-refractivity contribution is 6.31. The smallest absolute Gasteiger partial charge is 0.277 e. The van der Waals surface area contributed by atoms with Crippen LogP contribution in [0.1, 0.15) is 22.4 Å². The number of imidazole rings is 1. The molecule has 0 saturated carbocycles. The number of hydrogen-bond donors (Lipinski definition) is 2. The van der Waals surface area contributed by atoms with Crippen LogP contribution in [0.2, 0.25) is 5.02 Å². The number of rotatable bonds is 3. The molecular weight excluding hydrogens is 336 g/mol. The molecule has 0 aliphatic heterocycles. The van der Waals surface area contributed by atoms with E-state index in [1.165, 1.54) is 4.68 Å². The normalized spacial score (nSPS) is 11.3. The van der Waals surface area contributed by atoms with Crippen molar-refractivity contribution in [2.75, 3.05) is 0 Å². The molecule has 0 aliphatic carbocycles. The van der Waals surface area contributed by atoms with E-state index in [2.05, 4.69) is 15.1 Å². The highest BCUT2D eigenvalue weighted by Crippen LogP contribution is 2.20. The zero-order valence-electron chi connectivity index (χ0n) is 13.9. The fourth-order valence-corrected chi connectivity index (χ4v) is 3.19. The number of H-pyrrole nitrogens is 2. The maximum Gasteiger partial charge on any atom is 0.277 e. The summed E-state index contributed by atoms with van der Waals surface area (Å²) in [5, 5.41) is 3.77. The van der Waals surface area contributed by atoms with Gasteiger partial charge in [0.1, 0.15) is 0 Å². The van der Waals surface area contributed by atoms with Gasteiger partial charge in [0.05, 0.1) is 11.0 Å². The third kappa shape index (κ3) is 2.76. The average molecular weight is 353 g/mol. The number of nitrogens with zero attached hydrogens (tertiary/aromatic N) is 2.